The molecular formula is C10H11NO5. The molecule has 1 aromatic rings. The molecule has 1 aromatic carbocycles. The summed E-state index contributed by atoms with van der Waals surface area (Å²) in [5.74, 6) is -0.680. The van der Waals surface area contributed by atoms with E-state index < -0.39 is 10.9 Å². The molecule has 0 unspecified atom stereocenters. The largest absolute Gasteiger partial charge is 0.508 e. The molecule has 0 bridgehead atoms. The summed E-state index contributed by atoms with van der Waals surface area (Å²) in [6, 6.07) is 3.55. The lowest BCUT2D eigenvalue weighted by molar-refractivity contribution is -0.385. The van der Waals surface area contributed by atoms with Crippen molar-refractivity contribution < 1.29 is 19.6 Å². The first-order chi connectivity index (χ1) is 7.54. The van der Waals surface area contributed by atoms with Crippen LogP contribution in [0.1, 0.15) is 12.5 Å². The van der Waals surface area contributed by atoms with Gasteiger partial charge in [0.15, 0.2) is 0 Å². The van der Waals surface area contributed by atoms with Gasteiger partial charge in [-0.15, -0.1) is 0 Å². The third-order valence-corrected chi connectivity index (χ3v) is 1.90. The molecule has 0 amide bonds. The maximum atomic E-state index is 11.2. The van der Waals surface area contributed by atoms with E-state index in [-0.39, 0.29) is 30.0 Å². The normalized spacial score (nSPS) is 9.81. The quantitative estimate of drug-likeness (QED) is 0.475. The van der Waals surface area contributed by atoms with E-state index in [9.17, 15) is 20.0 Å². The topological polar surface area (TPSA) is 89.7 Å². The fraction of sp³-hybridized carbons (Fsp3) is 0.300. The standard InChI is InChI=1S/C10H11NO5/c1-2-16-10(13)6-7-5-8(12)3-4-9(7)11(14)15/h3-5,12H,2,6H2,1H3. The van der Waals surface area contributed by atoms with Crippen molar-refractivity contribution in [1.29, 1.82) is 0 Å². The van der Waals surface area contributed by atoms with E-state index in [4.69, 9.17) is 0 Å². The number of nitrogens with zero attached hydrogens (tertiary/aromatic N) is 1. The number of ether oxygens (including phenoxy) is 1. The number of nitro benzene ring substituents is 1. The molecule has 16 heavy (non-hydrogen) atoms. The smallest absolute Gasteiger partial charge is 0.310 e. The van der Waals surface area contributed by atoms with E-state index in [0.29, 0.717) is 0 Å². The van der Waals surface area contributed by atoms with E-state index in [2.05, 4.69) is 4.74 Å². The van der Waals surface area contributed by atoms with Crippen molar-refractivity contribution in [2.75, 3.05) is 6.61 Å². The number of nitro groups is 1. The van der Waals surface area contributed by atoms with Gasteiger partial charge in [0.25, 0.3) is 5.69 Å². The van der Waals surface area contributed by atoms with Crippen molar-refractivity contribution >= 4 is 11.7 Å². The molecule has 1 N–H and O–H groups in total. The molecule has 86 valence electrons. The van der Waals surface area contributed by atoms with E-state index in [1.807, 2.05) is 0 Å². The molecule has 6 heteroatoms. The van der Waals surface area contributed by atoms with E-state index in [1.54, 1.807) is 6.92 Å². The second kappa shape index (κ2) is 5.11. The first-order valence-corrected chi connectivity index (χ1v) is 4.66. The Morgan fingerprint density at radius 1 is 1.56 bits per heavy atom. The Labute approximate surface area is 91.6 Å². The highest BCUT2D eigenvalue weighted by atomic mass is 16.6. The minimum atomic E-state index is -0.603. The highest BCUT2D eigenvalue weighted by Crippen LogP contribution is 2.23. The SMILES string of the molecule is CCOC(=O)Cc1cc(O)ccc1[N+](=O)[O-]. The van der Waals surface area contributed by atoms with Gasteiger partial charge in [0.2, 0.25) is 0 Å². The van der Waals surface area contributed by atoms with Crippen LogP contribution in [-0.2, 0) is 16.0 Å². The Morgan fingerprint density at radius 2 is 2.25 bits per heavy atom. The summed E-state index contributed by atoms with van der Waals surface area (Å²) in [4.78, 5) is 21.2. The minimum absolute atomic E-state index is 0.120. The third kappa shape index (κ3) is 2.94. The zero-order valence-electron chi connectivity index (χ0n) is 8.67. The summed E-state index contributed by atoms with van der Waals surface area (Å²) in [5, 5.41) is 19.8. The fourth-order valence-corrected chi connectivity index (χ4v) is 1.26. The van der Waals surface area contributed by atoms with Crippen molar-refractivity contribution in [3.8, 4) is 5.75 Å². The molecule has 1 rings (SSSR count). The third-order valence-electron chi connectivity index (χ3n) is 1.90. The number of hydrogen-bond donors (Lipinski definition) is 1. The van der Waals surface area contributed by atoms with E-state index in [1.165, 1.54) is 12.1 Å². The summed E-state index contributed by atoms with van der Waals surface area (Å²) >= 11 is 0. The molecule has 0 spiro atoms. The Bertz CT molecular complexity index is 416. The molecule has 0 atom stereocenters. The van der Waals surface area contributed by atoms with Crippen LogP contribution in [-0.4, -0.2) is 22.6 Å². The van der Waals surface area contributed by atoms with Crippen molar-refractivity contribution in [3.05, 3.63) is 33.9 Å². The minimum Gasteiger partial charge on any atom is -0.508 e. The van der Waals surface area contributed by atoms with Gasteiger partial charge < -0.3 is 9.84 Å². The highest BCUT2D eigenvalue weighted by Gasteiger charge is 2.17. The van der Waals surface area contributed by atoms with Crippen LogP contribution >= 0.6 is 0 Å². The molecule has 0 aromatic heterocycles. The van der Waals surface area contributed by atoms with Gasteiger partial charge in [-0.1, -0.05) is 0 Å². The predicted octanol–water partition coefficient (Wildman–Crippen LogP) is 1.41. The summed E-state index contributed by atoms with van der Waals surface area (Å²) in [6.45, 7) is 1.86. The van der Waals surface area contributed by atoms with Crippen LogP contribution in [0.25, 0.3) is 0 Å². The lowest BCUT2D eigenvalue weighted by Gasteiger charge is -2.03. The monoisotopic (exact) mass is 225 g/mol. The number of carbonyl (C=O) groups is 1. The molecular weight excluding hydrogens is 214 g/mol. The van der Waals surface area contributed by atoms with Crippen LogP contribution in [0.5, 0.6) is 5.75 Å². The van der Waals surface area contributed by atoms with Crippen LogP contribution in [0, 0.1) is 10.1 Å². The number of esters is 1. The van der Waals surface area contributed by atoms with Crippen LogP contribution in [0.15, 0.2) is 18.2 Å². The molecule has 0 aliphatic heterocycles. The molecule has 0 saturated carbocycles. The van der Waals surface area contributed by atoms with E-state index in [0.717, 1.165) is 6.07 Å². The second-order valence-corrected chi connectivity index (χ2v) is 3.05. The number of phenolic OH excluding ortho intramolecular Hbond substituents is 1. The van der Waals surface area contributed by atoms with Crippen molar-refractivity contribution in [2.24, 2.45) is 0 Å². The van der Waals surface area contributed by atoms with Gasteiger partial charge in [-0.2, -0.15) is 0 Å². The number of aromatic hydroxyl groups is 1. The zero-order chi connectivity index (χ0) is 12.1. The molecule has 0 radical (unpaired) electrons. The Balaban J connectivity index is 2.96. The average Bonchev–Trinajstić information content (AvgIpc) is 2.17. The number of carbonyl (C=O) groups excluding carboxylic acids is 1. The summed E-state index contributed by atoms with van der Waals surface area (Å²) in [7, 11) is 0. The molecule has 6 nitrogen and oxygen atoms in total. The first-order valence-electron chi connectivity index (χ1n) is 4.66. The number of benzene rings is 1. The Kier molecular flexibility index (Phi) is 3.82. The van der Waals surface area contributed by atoms with Gasteiger partial charge in [0.05, 0.1) is 18.0 Å². The fourth-order valence-electron chi connectivity index (χ4n) is 1.26. The number of hydrogen-bond acceptors (Lipinski definition) is 5. The first kappa shape index (κ1) is 12.0. The van der Waals surface area contributed by atoms with Gasteiger partial charge in [0.1, 0.15) is 5.75 Å². The maximum Gasteiger partial charge on any atom is 0.310 e. The van der Waals surface area contributed by atoms with E-state index >= 15 is 0 Å². The lowest BCUT2D eigenvalue weighted by Crippen LogP contribution is -2.09. The summed E-state index contributed by atoms with van der Waals surface area (Å²) in [6.07, 6.45) is -0.224. The molecule has 0 aliphatic carbocycles. The van der Waals surface area contributed by atoms with Gasteiger partial charge in [0, 0.05) is 11.6 Å². The van der Waals surface area contributed by atoms with Crippen molar-refractivity contribution in [3.63, 3.8) is 0 Å². The van der Waals surface area contributed by atoms with Gasteiger partial charge >= 0.3 is 5.97 Å². The van der Waals surface area contributed by atoms with Crippen LogP contribution in [0.4, 0.5) is 5.69 Å². The highest BCUT2D eigenvalue weighted by molar-refractivity contribution is 5.74. The number of rotatable bonds is 4. The van der Waals surface area contributed by atoms with Gasteiger partial charge in [-0.05, 0) is 19.1 Å². The molecule has 0 heterocycles. The zero-order valence-corrected chi connectivity index (χ0v) is 8.67. The Hall–Kier alpha value is -2.11. The maximum absolute atomic E-state index is 11.2. The summed E-state index contributed by atoms with van der Waals surface area (Å²) in [5.41, 5.74) is -0.0608. The molecule has 0 saturated heterocycles. The van der Waals surface area contributed by atoms with Crippen molar-refractivity contribution in [2.45, 2.75) is 13.3 Å². The summed E-state index contributed by atoms with van der Waals surface area (Å²) < 4.78 is 4.68. The van der Waals surface area contributed by atoms with Crippen LogP contribution in [0.2, 0.25) is 0 Å². The second-order valence-electron chi connectivity index (χ2n) is 3.05. The van der Waals surface area contributed by atoms with Crippen molar-refractivity contribution in [1.82, 2.24) is 0 Å². The van der Waals surface area contributed by atoms with Gasteiger partial charge in [-0.25, -0.2) is 0 Å². The molecule has 0 fully saturated rings. The average molecular weight is 225 g/mol. The van der Waals surface area contributed by atoms with Crippen LogP contribution < -0.4 is 0 Å². The number of phenols is 1. The lowest BCUT2D eigenvalue weighted by atomic mass is 10.1. The van der Waals surface area contributed by atoms with Gasteiger partial charge in [-0.3, -0.25) is 14.9 Å². The molecule has 0 aliphatic rings. The Morgan fingerprint density at radius 3 is 2.81 bits per heavy atom. The predicted molar refractivity (Wildman–Crippen MR) is 55.1 cm³/mol. The van der Waals surface area contributed by atoms with Crippen LogP contribution in [0.3, 0.4) is 0 Å².